The molecule has 0 heterocycles. The van der Waals surface area contributed by atoms with Crippen molar-refractivity contribution >= 4 is 23.2 Å². The fourth-order valence-corrected chi connectivity index (χ4v) is 1.85. The lowest BCUT2D eigenvalue weighted by Crippen LogP contribution is -2.30. The Kier molecular flexibility index (Phi) is 5.30. The SMILES string of the molecule is CC(=O)Nc1ccc(O[C@H](C)C(=O)Nc2ccc(F)cc2)cc1. The van der Waals surface area contributed by atoms with Crippen molar-refractivity contribution in [1.29, 1.82) is 0 Å². The second kappa shape index (κ2) is 7.40. The van der Waals surface area contributed by atoms with E-state index in [4.69, 9.17) is 4.74 Å². The summed E-state index contributed by atoms with van der Waals surface area (Å²) in [5.41, 5.74) is 1.14. The lowest BCUT2D eigenvalue weighted by atomic mass is 10.2. The Morgan fingerprint density at radius 3 is 2.04 bits per heavy atom. The molecule has 2 aromatic rings. The van der Waals surface area contributed by atoms with Gasteiger partial charge in [-0.05, 0) is 55.5 Å². The normalized spacial score (nSPS) is 11.4. The fraction of sp³-hybridized carbons (Fsp3) is 0.176. The number of anilines is 2. The van der Waals surface area contributed by atoms with Crippen molar-refractivity contribution in [1.82, 2.24) is 0 Å². The predicted octanol–water partition coefficient (Wildman–Crippen LogP) is 3.19. The summed E-state index contributed by atoms with van der Waals surface area (Å²) in [6, 6.07) is 12.2. The first kappa shape index (κ1) is 16.5. The zero-order valence-electron chi connectivity index (χ0n) is 12.8. The molecule has 0 saturated carbocycles. The molecule has 5 nitrogen and oxygen atoms in total. The maximum absolute atomic E-state index is 12.8. The molecule has 0 aliphatic carbocycles. The van der Waals surface area contributed by atoms with Crippen molar-refractivity contribution < 1.29 is 18.7 Å². The smallest absolute Gasteiger partial charge is 0.265 e. The van der Waals surface area contributed by atoms with Crippen LogP contribution in [0.1, 0.15) is 13.8 Å². The lowest BCUT2D eigenvalue weighted by molar-refractivity contribution is -0.122. The third-order valence-electron chi connectivity index (χ3n) is 2.97. The number of benzene rings is 2. The highest BCUT2D eigenvalue weighted by molar-refractivity contribution is 5.94. The van der Waals surface area contributed by atoms with Crippen LogP contribution in [-0.2, 0) is 9.59 Å². The molecular weight excluding hydrogens is 299 g/mol. The first-order chi connectivity index (χ1) is 10.9. The summed E-state index contributed by atoms with van der Waals surface area (Å²) >= 11 is 0. The second-order valence-electron chi connectivity index (χ2n) is 4.96. The van der Waals surface area contributed by atoms with Gasteiger partial charge >= 0.3 is 0 Å². The van der Waals surface area contributed by atoms with Crippen LogP contribution in [-0.4, -0.2) is 17.9 Å². The van der Waals surface area contributed by atoms with Crippen LogP contribution in [0, 0.1) is 5.82 Å². The summed E-state index contributed by atoms with van der Waals surface area (Å²) in [6.07, 6.45) is -0.730. The van der Waals surface area contributed by atoms with Gasteiger partial charge in [0.15, 0.2) is 6.10 Å². The van der Waals surface area contributed by atoms with E-state index in [1.165, 1.54) is 31.2 Å². The standard InChI is InChI=1S/C17H17FN2O3/c1-11(17(22)20-15-5-3-13(18)4-6-15)23-16-9-7-14(8-10-16)19-12(2)21/h3-11H,1-2H3,(H,19,21)(H,20,22)/t11-/m1/s1. The number of carbonyl (C=O) groups excluding carboxylic acids is 2. The molecule has 2 amide bonds. The van der Waals surface area contributed by atoms with Gasteiger partial charge in [-0.2, -0.15) is 0 Å². The number of carbonyl (C=O) groups is 2. The van der Waals surface area contributed by atoms with Crippen molar-refractivity contribution in [2.75, 3.05) is 10.6 Å². The molecule has 0 fully saturated rings. The van der Waals surface area contributed by atoms with Gasteiger partial charge in [-0.25, -0.2) is 4.39 Å². The van der Waals surface area contributed by atoms with Crippen molar-refractivity contribution in [3.05, 3.63) is 54.3 Å². The average molecular weight is 316 g/mol. The number of amides is 2. The summed E-state index contributed by atoms with van der Waals surface area (Å²) in [5.74, 6) is -0.374. The maximum atomic E-state index is 12.8. The van der Waals surface area contributed by atoms with Gasteiger partial charge in [0.2, 0.25) is 5.91 Å². The molecule has 2 rings (SSSR count). The van der Waals surface area contributed by atoms with E-state index in [-0.39, 0.29) is 17.6 Å². The van der Waals surface area contributed by atoms with Crippen molar-refractivity contribution in [2.24, 2.45) is 0 Å². The van der Waals surface area contributed by atoms with Crippen LogP contribution in [0.2, 0.25) is 0 Å². The van der Waals surface area contributed by atoms with Crippen LogP contribution in [0.3, 0.4) is 0 Å². The minimum Gasteiger partial charge on any atom is -0.481 e. The first-order valence-corrected chi connectivity index (χ1v) is 7.05. The minimum atomic E-state index is -0.730. The molecule has 0 aliphatic heterocycles. The third-order valence-corrected chi connectivity index (χ3v) is 2.97. The molecule has 0 aromatic heterocycles. The first-order valence-electron chi connectivity index (χ1n) is 7.05. The van der Waals surface area contributed by atoms with E-state index in [0.717, 1.165) is 0 Å². The van der Waals surface area contributed by atoms with Crippen molar-refractivity contribution in [3.63, 3.8) is 0 Å². The molecule has 23 heavy (non-hydrogen) atoms. The molecule has 2 aromatic carbocycles. The summed E-state index contributed by atoms with van der Waals surface area (Å²) in [4.78, 5) is 23.0. The minimum absolute atomic E-state index is 0.161. The Morgan fingerprint density at radius 1 is 0.957 bits per heavy atom. The molecular formula is C17H17FN2O3. The molecule has 1 atom stereocenters. The molecule has 6 heteroatoms. The zero-order chi connectivity index (χ0) is 16.8. The van der Waals surface area contributed by atoms with Crippen LogP contribution in [0.15, 0.2) is 48.5 Å². The molecule has 0 unspecified atom stereocenters. The van der Waals surface area contributed by atoms with Crippen LogP contribution >= 0.6 is 0 Å². The van der Waals surface area contributed by atoms with E-state index < -0.39 is 6.10 Å². The van der Waals surface area contributed by atoms with Gasteiger partial charge in [0.25, 0.3) is 5.91 Å². The number of rotatable bonds is 5. The zero-order valence-corrected chi connectivity index (χ0v) is 12.8. The Hall–Kier alpha value is -2.89. The fourth-order valence-electron chi connectivity index (χ4n) is 1.85. The maximum Gasteiger partial charge on any atom is 0.265 e. The van der Waals surface area contributed by atoms with Crippen LogP contribution in [0.5, 0.6) is 5.75 Å². The van der Waals surface area contributed by atoms with Crippen LogP contribution in [0.4, 0.5) is 15.8 Å². The van der Waals surface area contributed by atoms with E-state index in [9.17, 15) is 14.0 Å². The molecule has 0 bridgehead atoms. The summed E-state index contributed by atoms with van der Waals surface area (Å²) < 4.78 is 18.4. The molecule has 0 spiro atoms. The van der Waals surface area contributed by atoms with Gasteiger partial charge in [-0.1, -0.05) is 0 Å². The van der Waals surface area contributed by atoms with Gasteiger partial charge < -0.3 is 15.4 Å². The van der Waals surface area contributed by atoms with Gasteiger partial charge in [-0.3, -0.25) is 9.59 Å². The monoisotopic (exact) mass is 316 g/mol. The van der Waals surface area contributed by atoms with Gasteiger partial charge in [-0.15, -0.1) is 0 Å². The van der Waals surface area contributed by atoms with Gasteiger partial charge in [0.1, 0.15) is 11.6 Å². The Morgan fingerprint density at radius 2 is 1.48 bits per heavy atom. The molecule has 0 aliphatic rings. The van der Waals surface area contributed by atoms with Gasteiger partial charge in [0.05, 0.1) is 0 Å². The Balaban J connectivity index is 1.92. The van der Waals surface area contributed by atoms with Crippen molar-refractivity contribution in [3.8, 4) is 5.75 Å². The van der Waals surface area contributed by atoms with E-state index in [0.29, 0.717) is 17.1 Å². The topological polar surface area (TPSA) is 67.4 Å². The predicted molar refractivity (Wildman–Crippen MR) is 85.9 cm³/mol. The largest absolute Gasteiger partial charge is 0.481 e. The average Bonchev–Trinajstić information content (AvgIpc) is 2.51. The summed E-state index contributed by atoms with van der Waals surface area (Å²) in [5, 5.41) is 5.28. The molecule has 0 saturated heterocycles. The van der Waals surface area contributed by atoms with E-state index >= 15 is 0 Å². The number of nitrogens with one attached hydrogen (secondary N) is 2. The van der Waals surface area contributed by atoms with Crippen LogP contribution < -0.4 is 15.4 Å². The third kappa shape index (κ3) is 5.10. The summed E-state index contributed by atoms with van der Waals surface area (Å²) in [6.45, 7) is 3.03. The summed E-state index contributed by atoms with van der Waals surface area (Å²) in [7, 11) is 0. The highest BCUT2D eigenvalue weighted by Gasteiger charge is 2.15. The van der Waals surface area contributed by atoms with Crippen LogP contribution in [0.25, 0.3) is 0 Å². The van der Waals surface area contributed by atoms with E-state index in [1.807, 2.05) is 0 Å². The number of ether oxygens (including phenoxy) is 1. The van der Waals surface area contributed by atoms with Crippen molar-refractivity contribution in [2.45, 2.75) is 20.0 Å². The lowest BCUT2D eigenvalue weighted by Gasteiger charge is -2.15. The van der Waals surface area contributed by atoms with Gasteiger partial charge in [0, 0.05) is 18.3 Å². The Bertz CT molecular complexity index is 684. The highest BCUT2D eigenvalue weighted by atomic mass is 19.1. The molecule has 2 N–H and O–H groups in total. The number of hydrogen-bond acceptors (Lipinski definition) is 3. The number of halogens is 1. The quantitative estimate of drug-likeness (QED) is 0.890. The Labute approximate surface area is 133 Å². The highest BCUT2D eigenvalue weighted by Crippen LogP contribution is 2.17. The second-order valence-corrected chi connectivity index (χ2v) is 4.96. The molecule has 120 valence electrons. The number of hydrogen-bond donors (Lipinski definition) is 2. The van der Waals surface area contributed by atoms with E-state index in [2.05, 4.69) is 10.6 Å². The van der Waals surface area contributed by atoms with E-state index in [1.54, 1.807) is 31.2 Å². The molecule has 0 radical (unpaired) electrons.